The van der Waals surface area contributed by atoms with Crippen LogP contribution in [0.5, 0.6) is 5.75 Å². The molecule has 11 heteroatoms. The second-order valence-electron chi connectivity index (χ2n) is 15.3. The number of aliphatic carboxylic acids is 1. The molecule has 0 radical (unpaired) electrons. The van der Waals surface area contributed by atoms with Crippen LogP contribution in [0, 0.1) is 5.92 Å². The smallest absolute Gasteiger partial charge is 0.347 e. The van der Waals surface area contributed by atoms with E-state index in [0.29, 0.717) is 56.0 Å². The molecule has 0 unspecified atom stereocenters. The second-order valence-corrected chi connectivity index (χ2v) is 23.1. The number of benzene rings is 4. The van der Waals surface area contributed by atoms with Gasteiger partial charge in [-0.2, -0.15) is 0 Å². The molecule has 2 fully saturated rings. The molecule has 1 amide bonds. The monoisotopic (exact) mass is 792 g/mol. The number of Topliss-reactive ketones (excluding diaryl/α,β-unsaturated/α-hetero) is 1. The summed E-state index contributed by atoms with van der Waals surface area (Å²) in [6.45, 7) is 11.9. The van der Waals surface area contributed by atoms with Gasteiger partial charge in [0, 0.05) is 56.6 Å². The molecule has 2 aliphatic heterocycles. The van der Waals surface area contributed by atoms with Crippen LogP contribution in [0.25, 0.3) is 0 Å². The van der Waals surface area contributed by atoms with Crippen LogP contribution < -0.4 is 20.7 Å². The van der Waals surface area contributed by atoms with Gasteiger partial charge >= 0.3 is 5.97 Å². The minimum atomic E-state index is -3.09. The van der Waals surface area contributed by atoms with E-state index in [4.69, 9.17) is 13.9 Å². The van der Waals surface area contributed by atoms with E-state index in [2.05, 4.69) is 45.3 Å². The summed E-state index contributed by atoms with van der Waals surface area (Å²) in [4.78, 5) is 44.9. The number of carboxylic acid groups (broad SMARTS) is 1. The Labute approximate surface area is 332 Å². The van der Waals surface area contributed by atoms with Crippen LogP contribution in [0.2, 0.25) is 19.6 Å². The van der Waals surface area contributed by atoms with Crippen LogP contribution in [0.4, 0.5) is 0 Å². The fraction of sp³-hybridized carbons (Fsp3) is 0.333. The number of morpholine rings is 1. The van der Waals surface area contributed by atoms with E-state index < -0.39 is 27.2 Å². The first-order chi connectivity index (χ1) is 26.9. The Morgan fingerprint density at radius 1 is 0.893 bits per heavy atom. The number of rotatable bonds is 16. The number of carbonyl (C=O) groups excluding carboxylic acids is 2. The van der Waals surface area contributed by atoms with E-state index in [9.17, 15) is 19.5 Å². The van der Waals surface area contributed by atoms with Crippen molar-refractivity contribution in [1.29, 1.82) is 0 Å². The molecule has 0 aromatic heterocycles. The first-order valence-electron chi connectivity index (χ1n) is 19.3. The SMILES string of the molecule is C=CCc1ccccc1P(=C(C(=O)O)N1C[C@H]([C@@H](C)O[Si](C)(C)C)[C@H]1CC(=O)c1ccc(OCC(=O)N2CCOCC2)cc1)(c1ccccc1)c1ccccc1. The molecule has 2 heterocycles. The molecule has 0 spiro atoms. The lowest BCUT2D eigenvalue weighted by molar-refractivity contribution is -0.137. The van der Waals surface area contributed by atoms with Crippen molar-refractivity contribution in [2.75, 3.05) is 39.5 Å². The number of hydrogen-bond donors (Lipinski definition) is 1. The third-order valence-corrected chi connectivity index (χ3v) is 16.0. The largest absolute Gasteiger partial charge is 0.484 e. The first-order valence-corrected chi connectivity index (χ1v) is 24.5. The van der Waals surface area contributed by atoms with Crippen molar-refractivity contribution in [2.45, 2.75) is 51.6 Å². The van der Waals surface area contributed by atoms with Crippen molar-refractivity contribution in [1.82, 2.24) is 9.80 Å². The Kier molecular flexibility index (Phi) is 13.3. The van der Waals surface area contributed by atoms with E-state index in [1.807, 2.05) is 83.8 Å². The van der Waals surface area contributed by atoms with Crippen molar-refractivity contribution in [3.05, 3.63) is 133 Å². The molecular formula is C45H53N2O7PSi. The van der Waals surface area contributed by atoms with Crippen LogP contribution in [-0.4, -0.2) is 97.9 Å². The van der Waals surface area contributed by atoms with Crippen molar-refractivity contribution >= 4 is 54.2 Å². The van der Waals surface area contributed by atoms with Gasteiger partial charge in [-0.3, -0.25) is 14.5 Å². The third kappa shape index (κ3) is 9.01. The molecule has 4 aromatic rings. The van der Waals surface area contributed by atoms with E-state index >= 15 is 0 Å². The Morgan fingerprint density at radius 3 is 2.05 bits per heavy atom. The summed E-state index contributed by atoms with van der Waals surface area (Å²) in [5, 5.41) is 14.4. The normalized spacial score (nSPS) is 18.0. The van der Waals surface area contributed by atoms with Gasteiger partial charge in [0.2, 0.25) is 0 Å². The summed E-state index contributed by atoms with van der Waals surface area (Å²) in [5.74, 6) is -0.834. The van der Waals surface area contributed by atoms with E-state index in [-0.39, 0.29) is 36.7 Å². The molecule has 9 nitrogen and oxygen atoms in total. The Balaban J connectivity index is 1.44. The number of carbonyl (C=O) groups is 3. The maximum absolute atomic E-state index is 14.3. The fourth-order valence-electron chi connectivity index (χ4n) is 8.00. The van der Waals surface area contributed by atoms with Crippen molar-refractivity contribution in [3.63, 3.8) is 0 Å². The number of amides is 1. The summed E-state index contributed by atoms with van der Waals surface area (Å²) in [5.41, 5.74) is 1.80. The van der Waals surface area contributed by atoms with Crippen molar-refractivity contribution in [3.8, 4) is 5.75 Å². The minimum absolute atomic E-state index is 0.0917. The van der Waals surface area contributed by atoms with Gasteiger partial charge in [-0.15, -0.1) is 6.58 Å². The topological polar surface area (TPSA) is 106 Å². The number of allylic oxidation sites excluding steroid dienone is 1. The summed E-state index contributed by atoms with van der Waals surface area (Å²) in [7, 11) is -1.99. The van der Waals surface area contributed by atoms with Gasteiger partial charge in [0.05, 0.1) is 13.2 Å². The first kappa shape index (κ1) is 41.1. The molecule has 2 saturated heterocycles. The number of ketones is 1. The summed E-state index contributed by atoms with van der Waals surface area (Å²) in [6.07, 6.45) is 2.32. The highest BCUT2D eigenvalue weighted by atomic mass is 31.2. The number of nitrogens with zero attached hydrogens (tertiary/aromatic N) is 2. The standard InChI is InChI=1S/C45H53N2O7PSi/c1-6-15-35-16-13-14-21-42(35)55(37-17-9-7-10-18-37,38-19-11-8-12-20-38)44(45(50)51)47-31-39(33(2)54-56(3,4)5)40(47)30-41(48)34-22-24-36(25-23-34)53-32-43(49)46-26-28-52-29-27-46/h6-14,16-25,33,39-40H,1,15,26-32H2,2-5H3,(H,50,51)/t33-,39-,40-/m1/s1. The number of hydrogen-bond acceptors (Lipinski definition) is 6. The van der Waals surface area contributed by atoms with E-state index in [0.717, 1.165) is 21.5 Å². The van der Waals surface area contributed by atoms with Gasteiger partial charge in [-0.1, -0.05) is 91.0 Å². The zero-order chi connectivity index (χ0) is 39.9. The van der Waals surface area contributed by atoms with E-state index in [1.165, 1.54) is 0 Å². The highest BCUT2D eigenvalue weighted by Crippen LogP contribution is 2.50. The molecule has 4 aromatic carbocycles. The van der Waals surface area contributed by atoms with Crippen LogP contribution >= 0.6 is 6.89 Å². The molecule has 0 saturated carbocycles. The summed E-state index contributed by atoms with van der Waals surface area (Å²) >= 11 is 0. The molecule has 1 N–H and O–H groups in total. The van der Waals surface area contributed by atoms with Crippen LogP contribution in [-0.2, 0) is 25.2 Å². The Bertz CT molecular complexity index is 2020. The average Bonchev–Trinajstić information content (AvgIpc) is 3.19. The van der Waals surface area contributed by atoms with Crippen molar-refractivity contribution < 1.29 is 33.4 Å². The summed E-state index contributed by atoms with van der Waals surface area (Å²) in [6, 6.07) is 34.5. The lowest BCUT2D eigenvalue weighted by atomic mass is 9.80. The molecule has 6 rings (SSSR count). The highest BCUT2D eigenvalue weighted by Gasteiger charge is 2.50. The predicted molar refractivity (Wildman–Crippen MR) is 228 cm³/mol. The Morgan fingerprint density at radius 2 is 1.48 bits per heavy atom. The van der Waals surface area contributed by atoms with Gasteiger partial charge in [0.1, 0.15) is 11.2 Å². The molecule has 56 heavy (non-hydrogen) atoms. The van der Waals surface area contributed by atoms with Gasteiger partial charge in [-0.25, -0.2) is 4.79 Å². The molecule has 3 atom stereocenters. The van der Waals surface area contributed by atoms with E-state index in [1.54, 1.807) is 29.2 Å². The quantitative estimate of drug-likeness (QED) is 0.0641. The van der Waals surface area contributed by atoms with Gasteiger partial charge in [0.25, 0.3) is 5.91 Å². The highest BCUT2D eigenvalue weighted by molar-refractivity contribution is 7.96. The van der Waals surface area contributed by atoms with Crippen molar-refractivity contribution in [2.24, 2.45) is 5.92 Å². The molecule has 2 aliphatic rings. The molecular weight excluding hydrogens is 740 g/mol. The molecule has 0 aliphatic carbocycles. The van der Waals surface area contributed by atoms with Crippen LogP contribution in [0.1, 0.15) is 29.3 Å². The number of carboxylic acids is 1. The lowest BCUT2D eigenvalue weighted by Gasteiger charge is -2.53. The second kappa shape index (κ2) is 18.1. The fourth-order valence-corrected chi connectivity index (χ4v) is 13.9. The van der Waals surface area contributed by atoms with Gasteiger partial charge in [0.15, 0.2) is 20.7 Å². The van der Waals surface area contributed by atoms with Crippen LogP contribution in [0.3, 0.4) is 0 Å². The molecule has 0 bridgehead atoms. The zero-order valence-electron chi connectivity index (χ0n) is 32.8. The summed E-state index contributed by atoms with van der Waals surface area (Å²) < 4.78 is 17.8. The third-order valence-electron chi connectivity index (χ3n) is 10.5. The maximum Gasteiger partial charge on any atom is 0.347 e. The van der Waals surface area contributed by atoms with Crippen LogP contribution in [0.15, 0.2) is 122 Å². The predicted octanol–water partition coefficient (Wildman–Crippen LogP) is 5.97. The number of ether oxygens (including phenoxy) is 2. The Hall–Kier alpha value is -4.57. The minimum Gasteiger partial charge on any atom is -0.484 e. The maximum atomic E-state index is 14.3. The van der Waals surface area contributed by atoms with Gasteiger partial charge in [-0.05, 0) is 78.7 Å². The average molecular weight is 793 g/mol. The lowest BCUT2D eigenvalue weighted by Crippen LogP contribution is -2.65. The molecule has 294 valence electrons. The zero-order valence-corrected chi connectivity index (χ0v) is 34.7. The number of likely N-dealkylation sites (tertiary alicyclic amines) is 1. The van der Waals surface area contributed by atoms with Gasteiger partial charge < -0.3 is 23.9 Å².